The normalized spacial score (nSPS) is 28.7. The van der Waals surface area contributed by atoms with Crippen LogP contribution in [0.5, 0.6) is 0 Å². The van der Waals surface area contributed by atoms with Crippen LogP contribution in [0.4, 0.5) is 0 Å². The predicted molar refractivity (Wildman–Crippen MR) is 80.3 cm³/mol. The van der Waals surface area contributed by atoms with Crippen molar-refractivity contribution in [2.24, 2.45) is 5.92 Å². The van der Waals surface area contributed by atoms with Gasteiger partial charge in [0.1, 0.15) is 0 Å². The van der Waals surface area contributed by atoms with E-state index in [4.69, 9.17) is 4.74 Å². The van der Waals surface area contributed by atoms with E-state index >= 15 is 0 Å². The summed E-state index contributed by atoms with van der Waals surface area (Å²) in [6, 6.07) is -0.132. The Morgan fingerprint density at radius 2 is 1.95 bits per heavy atom. The van der Waals surface area contributed by atoms with Gasteiger partial charge >= 0.3 is 5.97 Å². The molecule has 0 radical (unpaired) electrons. The van der Waals surface area contributed by atoms with Gasteiger partial charge in [0.15, 0.2) is 0 Å². The molecule has 0 aromatic heterocycles. The molecular weight excluding hydrogens is 292 g/mol. The first-order valence-electron chi connectivity index (χ1n) is 7.75. The van der Waals surface area contributed by atoms with Crippen LogP contribution >= 0.6 is 0 Å². The zero-order chi connectivity index (χ0) is 15.5. The van der Waals surface area contributed by atoms with Gasteiger partial charge in [-0.25, -0.2) is 13.1 Å². The van der Waals surface area contributed by atoms with E-state index in [9.17, 15) is 13.2 Å². The summed E-state index contributed by atoms with van der Waals surface area (Å²) in [5.74, 6) is -0.929. The number of likely N-dealkylation sites (tertiary alicyclic amines) is 1. The Bertz CT molecular complexity index is 460. The maximum absolute atomic E-state index is 12.5. The molecule has 21 heavy (non-hydrogen) atoms. The molecule has 0 spiro atoms. The number of nitrogens with zero attached hydrogens (tertiary/aromatic N) is 1. The van der Waals surface area contributed by atoms with Crippen LogP contribution in [-0.2, 0) is 19.6 Å². The molecule has 7 heteroatoms. The molecule has 2 rings (SSSR count). The molecule has 0 bridgehead atoms. The third-order valence-electron chi connectivity index (χ3n) is 4.45. The second-order valence-corrected chi connectivity index (χ2v) is 8.10. The number of methoxy groups -OCH3 is 1. The van der Waals surface area contributed by atoms with Crippen LogP contribution in [0.2, 0.25) is 0 Å². The van der Waals surface area contributed by atoms with Gasteiger partial charge in [-0.2, -0.15) is 0 Å². The van der Waals surface area contributed by atoms with Gasteiger partial charge < -0.3 is 9.64 Å². The van der Waals surface area contributed by atoms with Crippen molar-refractivity contribution >= 4 is 16.0 Å². The number of hydrogen-bond acceptors (Lipinski definition) is 5. The van der Waals surface area contributed by atoms with Crippen molar-refractivity contribution in [3.63, 3.8) is 0 Å². The van der Waals surface area contributed by atoms with Crippen molar-refractivity contribution in [3.05, 3.63) is 0 Å². The Morgan fingerprint density at radius 3 is 2.57 bits per heavy atom. The van der Waals surface area contributed by atoms with Gasteiger partial charge in [-0.15, -0.1) is 0 Å². The molecule has 2 aliphatic rings. The van der Waals surface area contributed by atoms with Crippen molar-refractivity contribution in [2.45, 2.75) is 50.3 Å². The van der Waals surface area contributed by atoms with Crippen molar-refractivity contribution < 1.29 is 17.9 Å². The Hall–Kier alpha value is -0.660. The second-order valence-electron chi connectivity index (χ2n) is 6.17. The van der Waals surface area contributed by atoms with E-state index in [0.717, 1.165) is 26.1 Å². The third-order valence-corrected chi connectivity index (χ3v) is 6.54. The highest BCUT2D eigenvalue weighted by atomic mass is 32.2. The maximum Gasteiger partial charge on any atom is 0.310 e. The molecule has 122 valence electrons. The largest absolute Gasteiger partial charge is 0.469 e. The molecule has 0 aromatic rings. The highest BCUT2D eigenvalue weighted by Gasteiger charge is 2.42. The number of esters is 1. The smallest absolute Gasteiger partial charge is 0.310 e. The lowest BCUT2D eigenvalue weighted by Gasteiger charge is -2.24. The molecule has 3 atom stereocenters. The maximum atomic E-state index is 12.5. The van der Waals surface area contributed by atoms with Crippen molar-refractivity contribution in [2.75, 3.05) is 26.7 Å². The van der Waals surface area contributed by atoms with Gasteiger partial charge in [-0.1, -0.05) is 6.42 Å². The van der Waals surface area contributed by atoms with Gasteiger partial charge in [0.2, 0.25) is 10.0 Å². The number of sulfonamides is 1. The first kappa shape index (κ1) is 16.7. The molecule has 0 amide bonds. The third kappa shape index (κ3) is 4.17. The fraction of sp³-hybridized carbons (Fsp3) is 0.929. The average Bonchev–Trinajstić information content (AvgIpc) is 3.07. The lowest BCUT2D eigenvalue weighted by Crippen LogP contribution is -2.46. The molecule has 1 heterocycles. The van der Waals surface area contributed by atoms with Crippen molar-refractivity contribution in [3.8, 4) is 0 Å². The lowest BCUT2D eigenvalue weighted by molar-refractivity contribution is -0.145. The van der Waals surface area contributed by atoms with E-state index in [-0.39, 0.29) is 6.04 Å². The fourth-order valence-corrected chi connectivity index (χ4v) is 5.44. The van der Waals surface area contributed by atoms with Gasteiger partial charge in [0.25, 0.3) is 0 Å². The van der Waals surface area contributed by atoms with Gasteiger partial charge in [0, 0.05) is 12.6 Å². The topological polar surface area (TPSA) is 75.7 Å². The van der Waals surface area contributed by atoms with Crippen LogP contribution in [-0.4, -0.2) is 57.3 Å². The monoisotopic (exact) mass is 318 g/mol. The highest BCUT2D eigenvalue weighted by molar-refractivity contribution is 7.90. The van der Waals surface area contributed by atoms with Crippen LogP contribution in [0, 0.1) is 5.92 Å². The highest BCUT2D eigenvalue weighted by Crippen LogP contribution is 2.31. The summed E-state index contributed by atoms with van der Waals surface area (Å²) in [6.45, 7) is 4.70. The Labute approximate surface area is 127 Å². The molecule has 2 fully saturated rings. The van der Waals surface area contributed by atoms with E-state index in [1.54, 1.807) is 0 Å². The number of nitrogens with one attached hydrogen (secondary N) is 1. The number of carbonyl (C=O) groups excluding carboxylic acids is 1. The minimum Gasteiger partial charge on any atom is -0.469 e. The first-order valence-corrected chi connectivity index (χ1v) is 9.30. The summed E-state index contributed by atoms with van der Waals surface area (Å²) in [5, 5.41) is -0.647. The zero-order valence-electron chi connectivity index (χ0n) is 12.9. The van der Waals surface area contributed by atoms with Crippen LogP contribution in [0.25, 0.3) is 0 Å². The fourth-order valence-electron chi connectivity index (χ4n) is 3.48. The summed E-state index contributed by atoms with van der Waals surface area (Å²) in [7, 11) is -2.17. The van der Waals surface area contributed by atoms with Crippen LogP contribution in [0.3, 0.4) is 0 Å². The SMILES string of the molecule is COC(=O)C1CCCC1S(=O)(=O)NC(C)CN1CCCC1. The lowest BCUT2D eigenvalue weighted by atomic mass is 10.1. The number of hydrogen-bond donors (Lipinski definition) is 1. The molecule has 1 N–H and O–H groups in total. The summed E-state index contributed by atoms with van der Waals surface area (Å²) < 4.78 is 32.5. The van der Waals surface area contributed by atoms with Crippen LogP contribution in [0.15, 0.2) is 0 Å². The standard InChI is InChI=1S/C14H26N2O4S/c1-11(10-16-8-3-4-9-16)15-21(18,19)13-7-5-6-12(13)14(17)20-2/h11-13,15H,3-10H2,1-2H3. The summed E-state index contributed by atoms with van der Waals surface area (Å²) in [6.07, 6.45) is 4.26. The average molecular weight is 318 g/mol. The van der Waals surface area contributed by atoms with Crippen molar-refractivity contribution in [1.82, 2.24) is 9.62 Å². The van der Waals surface area contributed by atoms with E-state index < -0.39 is 27.2 Å². The first-order chi connectivity index (χ1) is 9.94. The quantitative estimate of drug-likeness (QED) is 0.731. The molecule has 1 aliphatic carbocycles. The predicted octanol–water partition coefficient (Wildman–Crippen LogP) is 0.732. The minimum absolute atomic E-state index is 0.132. The summed E-state index contributed by atoms with van der Waals surface area (Å²) >= 11 is 0. The van der Waals surface area contributed by atoms with E-state index in [0.29, 0.717) is 12.8 Å². The van der Waals surface area contributed by atoms with E-state index in [1.165, 1.54) is 20.0 Å². The Morgan fingerprint density at radius 1 is 1.29 bits per heavy atom. The van der Waals surface area contributed by atoms with Gasteiger partial charge in [-0.3, -0.25) is 4.79 Å². The van der Waals surface area contributed by atoms with Crippen molar-refractivity contribution in [1.29, 1.82) is 0 Å². The van der Waals surface area contributed by atoms with Gasteiger partial charge in [-0.05, 0) is 45.7 Å². The molecule has 1 aliphatic heterocycles. The zero-order valence-corrected chi connectivity index (χ0v) is 13.7. The second kappa shape index (κ2) is 7.07. The molecule has 6 nitrogen and oxygen atoms in total. The minimum atomic E-state index is -3.48. The Kier molecular flexibility index (Phi) is 5.62. The molecule has 1 saturated heterocycles. The van der Waals surface area contributed by atoms with E-state index in [1.807, 2.05) is 6.92 Å². The summed E-state index contributed by atoms with van der Waals surface area (Å²) in [4.78, 5) is 14.0. The van der Waals surface area contributed by atoms with Crippen LogP contribution in [0.1, 0.15) is 39.0 Å². The molecule has 3 unspecified atom stereocenters. The molecule has 1 saturated carbocycles. The molecular formula is C14H26N2O4S. The Balaban J connectivity index is 1.95. The number of ether oxygens (including phenoxy) is 1. The van der Waals surface area contributed by atoms with Gasteiger partial charge in [0.05, 0.1) is 18.3 Å². The molecule has 0 aromatic carbocycles. The summed E-state index contributed by atoms with van der Waals surface area (Å²) in [5.41, 5.74) is 0. The van der Waals surface area contributed by atoms with E-state index in [2.05, 4.69) is 9.62 Å². The number of carbonyl (C=O) groups is 1. The number of rotatable bonds is 6. The van der Waals surface area contributed by atoms with Crippen LogP contribution < -0.4 is 4.72 Å².